The Bertz CT molecular complexity index is 311. The first-order valence-electron chi connectivity index (χ1n) is 3.15. The van der Waals surface area contributed by atoms with E-state index in [1.807, 2.05) is 6.07 Å². The fourth-order valence-electron chi connectivity index (χ4n) is 0.904. The number of fused-ring (bicyclic) bond motifs is 1. The van der Waals surface area contributed by atoms with Gasteiger partial charge in [0, 0.05) is 0 Å². The Labute approximate surface area is 68.3 Å². The molecular weight excluding hydrogens is 160 g/mol. The summed E-state index contributed by atoms with van der Waals surface area (Å²) in [6.45, 7) is 0. The van der Waals surface area contributed by atoms with E-state index in [9.17, 15) is 5.11 Å². The molecule has 1 aliphatic rings. The molecule has 0 bridgehead atoms. The van der Waals surface area contributed by atoms with E-state index in [1.165, 1.54) is 11.9 Å². The molecule has 11 heavy (non-hydrogen) atoms. The predicted molar refractivity (Wildman–Crippen MR) is 45.3 cm³/mol. The largest absolute Gasteiger partial charge is 0.506 e. The number of nitrogens with zero attached hydrogens (tertiary/aromatic N) is 1. The average molecular weight is 166 g/mol. The molecule has 1 aliphatic heterocycles. The monoisotopic (exact) mass is 166 g/mol. The van der Waals surface area contributed by atoms with Crippen LogP contribution in [0.15, 0.2) is 28.1 Å². The first-order valence-corrected chi connectivity index (χ1v) is 3.96. The maximum absolute atomic E-state index is 9.30. The molecule has 1 aromatic carbocycles. The lowest BCUT2D eigenvalue weighted by molar-refractivity contribution is 0.475. The zero-order chi connectivity index (χ0) is 7.68. The molecule has 4 heteroatoms. The molecule has 0 aliphatic carbocycles. The van der Waals surface area contributed by atoms with Crippen LogP contribution >= 0.6 is 11.9 Å². The average Bonchev–Trinajstić information content (AvgIpc) is 2.06. The summed E-state index contributed by atoms with van der Waals surface area (Å²) in [4.78, 5) is 4.94. The fourth-order valence-corrected chi connectivity index (χ4v) is 1.54. The van der Waals surface area contributed by atoms with Gasteiger partial charge < -0.3 is 9.83 Å². The van der Waals surface area contributed by atoms with Crippen LogP contribution in [0.5, 0.6) is 5.75 Å². The molecule has 2 N–H and O–H groups in total. The molecule has 1 aromatic rings. The van der Waals surface area contributed by atoms with E-state index in [2.05, 4.69) is 9.71 Å². The van der Waals surface area contributed by atoms with Gasteiger partial charge in [-0.05, 0) is 24.1 Å². The molecule has 0 atom stereocenters. The van der Waals surface area contributed by atoms with Crippen LogP contribution in [0, 0.1) is 0 Å². The number of nitrogens with one attached hydrogen (secondary N) is 1. The van der Waals surface area contributed by atoms with E-state index in [0.717, 1.165) is 4.90 Å². The molecule has 0 spiro atoms. The summed E-state index contributed by atoms with van der Waals surface area (Å²) in [6.07, 6.45) is 1.56. The first kappa shape index (κ1) is 6.54. The van der Waals surface area contributed by atoms with Gasteiger partial charge in [-0.2, -0.15) is 0 Å². The summed E-state index contributed by atoms with van der Waals surface area (Å²) in [5.41, 5.74) is 0.649. The summed E-state index contributed by atoms with van der Waals surface area (Å²) in [5, 5.41) is 9.30. The maximum atomic E-state index is 9.30. The van der Waals surface area contributed by atoms with Crippen LogP contribution in [-0.4, -0.2) is 11.4 Å². The molecule has 2 rings (SSSR count). The number of aliphatic imine (C=N–C) groups is 1. The summed E-state index contributed by atoms with van der Waals surface area (Å²) in [5.74, 6) is 0.229. The third-order valence-corrected chi connectivity index (χ3v) is 2.17. The molecule has 3 nitrogen and oxygen atoms in total. The molecule has 0 unspecified atom stereocenters. The smallest absolute Gasteiger partial charge is 0.142 e. The Hall–Kier alpha value is -1.16. The van der Waals surface area contributed by atoms with E-state index in [1.54, 1.807) is 18.5 Å². The standard InChI is InChI=1S/C7H6N2OS/c10-5-2-1-3-6-7(5)8-4-9-11-6/h1-4,10H,(H,8,9). The summed E-state index contributed by atoms with van der Waals surface area (Å²) >= 11 is 1.44. The van der Waals surface area contributed by atoms with Crippen LogP contribution in [0.25, 0.3) is 0 Å². The zero-order valence-corrected chi connectivity index (χ0v) is 6.43. The number of para-hydroxylation sites is 1. The van der Waals surface area contributed by atoms with Crippen LogP contribution in [0.1, 0.15) is 0 Å². The second kappa shape index (κ2) is 2.47. The van der Waals surface area contributed by atoms with Crippen molar-refractivity contribution in [3.63, 3.8) is 0 Å². The number of rotatable bonds is 0. The Morgan fingerprint density at radius 1 is 1.45 bits per heavy atom. The van der Waals surface area contributed by atoms with Gasteiger partial charge in [-0.15, -0.1) is 0 Å². The van der Waals surface area contributed by atoms with Crippen LogP contribution in [0.4, 0.5) is 5.69 Å². The molecule has 0 amide bonds. The summed E-state index contributed by atoms with van der Waals surface area (Å²) < 4.78 is 2.88. The Morgan fingerprint density at radius 3 is 3.18 bits per heavy atom. The van der Waals surface area contributed by atoms with Gasteiger partial charge in [-0.1, -0.05) is 6.07 Å². The van der Waals surface area contributed by atoms with Crippen molar-refractivity contribution in [3.8, 4) is 5.75 Å². The number of phenols is 1. The van der Waals surface area contributed by atoms with E-state index in [4.69, 9.17) is 0 Å². The van der Waals surface area contributed by atoms with Gasteiger partial charge in [0.15, 0.2) is 0 Å². The Morgan fingerprint density at radius 2 is 2.36 bits per heavy atom. The van der Waals surface area contributed by atoms with Gasteiger partial charge in [0.05, 0.1) is 11.2 Å². The van der Waals surface area contributed by atoms with Crippen LogP contribution in [-0.2, 0) is 0 Å². The van der Waals surface area contributed by atoms with Crippen molar-refractivity contribution < 1.29 is 5.11 Å². The van der Waals surface area contributed by atoms with E-state index in [0.29, 0.717) is 5.69 Å². The predicted octanol–water partition coefficient (Wildman–Crippen LogP) is 1.66. The highest BCUT2D eigenvalue weighted by Gasteiger charge is 2.08. The quantitative estimate of drug-likeness (QED) is 0.576. The highest BCUT2D eigenvalue weighted by molar-refractivity contribution is 7.98. The lowest BCUT2D eigenvalue weighted by atomic mass is 10.3. The molecule has 0 radical (unpaired) electrons. The van der Waals surface area contributed by atoms with Crippen LogP contribution in [0.3, 0.4) is 0 Å². The Kier molecular flexibility index (Phi) is 1.47. The normalized spacial score (nSPS) is 13.8. The number of hydrogen-bond acceptors (Lipinski definition) is 4. The van der Waals surface area contributed by atoms with Crippen molar-refractivity contribution in [3.05, 3.63) is 18.2 Å². The highest BCUT2D eigenvalue weighted by atomic mass is 32.2. The first-order chi connectivity index (χ1) is 5.38. The minimum absolute atomic E-state index is 0.229. The third kappa shape index (κ3) is 1.05. The van der Waals surface area contributed by atoms with E-state index < -0.39 is 0 Å². The molecule has 0 fully saturated rings. The summed E-state index contributed by atoms with van der Waals surface area (Å²) in [6, 6.07) is 5.33. The lowest BCUT2D eigenvalue weighted by Crippen LogP contribution is -2.02. The van der Waals surface area contributed by atoms with Gasteiger partial charge >= 0.3 is 0 Å². The second-order valence-electron chi connectivity index (χ2n) is 2.10. The Balaban J connectivity index is 2.60. The molecule has 0 saturated carbocycles. The van der Waals surface area contributed by atoms with Gasteiger partial charge in [-0.3, -0.25) is 0 Å². The molecule has 1 heterocycles. The highest BCUT2D eigenvalue weighted by Crippen LogP contribution is 2.36. The van der Waals surface area contributed by atoms with Crippen molar-refractivity contribution in [2.75, 3.05) is 0 Å². The van der Waals surface area contributed by atoms with Crippen molar-refractivity contribution in [1.82, 2.24) is 4.72 Å². The fraction of sp³-hybridized carbons (Fsp3) is 0. The number of hydrogen-bond donors (Lipinski definition) is 2. The van der Waals surface area contributed by atoms with Crippen LogP contribution in [0.2, 0.25) is 0 Å². The number of phenolic OH excluding ortho intramolecular Hbond substituents is 1. The van der Waals surface area contributed by atoms with Crippen molar-refractivity contribution in [1.29, 1.82) is 0 Å². The topological polar surface area (TPSA) is 44.6 Å². The van der Waals surface area contributed by atoms with Crippen molar-refractivity contribution in [2.24, 2.45) is 4.99 Å². The van der Waals surface area contributed by atoms with Gasteiger partial charge in [-0.25, -0.2) is 4.99 Å². The number of aromatic hydroxyl groups is 1. The minimum atomic E-state index is 0.229. The molecule has 56 valence electrons. The number of benzene rings is 1. The van der Waals surface area contributed by atoms with Gasteiger partial charge in [0.1, 0.15) is 11.4 Å². The van der Waals surface area contributed by atoms with E-state index in [-0.39, 0.29) is 5.75 Å². The molecule has 0 aromatic heterocycles. The molecule has 0 saturated heterocycles. The minimum Gasteiger partial charge on any atom is -0.506 e. The summed E-state index contributed by atoms with van der Waals surface area (Å²) in [7, 11) is 0. The van der Waals surface area contributed by atoms with Gasteiger partial charge in [0.25, 0.3) is 0 Å². The second-order valence-corrected chi connectivity index (χ2v) is 2.98. The molecular formula is C7H6N2OS. The van der Waals surface area contributed by atoms with Crippen molar-refractivity contribution in [2.45, 2.75) is 4.90 Å². The zero-order valence-electron chi connectivity index (χ0n) is 5.61. The van der Waals surface area contributed by atoms with Gasteiger partial charge in [0.2, 0.25) is 0 Å². The van der Waals surface area contributed by atoms with Crippen molar-refractivity contribution >= 4 is 24.0 Å². The van der Waals surface area contributed by atoms with Crippen LogP contribution < -0.4 is 4.72 Å². The van der Waals surface area contributed by atoms with E-state index >= 15 is 0 Å². The maximum Gasteiger partial charge on any atom is 0.142 e. The SMILES string of the molecule is Oc1cccc2c1N=CNS2. The third-order valence-electron chi connectivity index (χ3n) is 1.39. The lowest BCUT2D eigenvalue weighted by Gasteiger charge is -2.09.